The second kappa shape index (κ2) is 5.03. The molecule has 0 amide bonds. The van der Waals surface area contributed by atoms with Gasteiger partial charge in [0.1, 0.15) is 11.5 Å². The summed E-state index contributed by atoms with van der Waals surface area (Å²) in [5.41, 5.74) is 7.22. The average molecular weight is 209 g/mol. The number of phenols is 2. The van der Waals surface area contributed by atoms with Crippen molar-refractivity contribution in [3.63, 3.8) is 0 Å². The molecule has 3 heteroatoms. The zero-order valence-electron chi connectivity index (χ0n) is 9.33. The Morgan fingerprint density at radius 1 is 1.27 bits per heavy atom. The van der Waals surface area contributed by atoms with E-state index in [1.807, 2.05) is 19.9 Å². The highest BCUT2D eigenvalue weighted by Crippen LogP contribution is 2.33. The zero-order valence-corrected chi connectivity index (χ0v) is 9.33. The molecule has 4 N–H and O–H groups in total. The van der Waals surface area contributed by atoms with E-state index in [2.05, 4.69) is 0 Å². The van der Waals surface area contributed by atoms with Gasteiger partial charge in [0.25, 0.3) is 0 Å². The Labute approximate surface area is 90.5 Å². The van der Waals surface area contributed by atoms with E-state index in [1.54, 1.807) is 0 Å². The van der Waals surface area contributed by atoms with Gasteiger partial charge < -0.3 is 15.9 Å². The molecule has 0 spiro atoms. The molecule has 1 aromatic rings. The van der Waals surface area contributed by atoms with Gasteiger partial charge in [-0.15, -0.1) is 0 Å². The van der Waals surface area contributed by atoms with Crippen LogP contribution in [0.4, 0.5) is 0 Å². The molecule has 3 nitrogen and oxygen atoms in total. The molecule has 1 aromatic carbocycles. The highest BCUT2D eigenvalue weighted by atomic mass is 16.3. The van der Waals surface area contributed by atoms with Gasteiger partial charge in [-0.2, -0.15) is 0 Å². The summed E-state index contributed by atoms with van der Waals surface area (Å²) in [6.45, 7) is 4.60. The first-order valence-electron chi connectivity index (χ1n) is 5.35. The van der Waals surface area contributed by atoms with Crippen LogP contribution < -0.4 is 5.73 Å². The summed E-state index contributed by atoms with van der Waals surface area (Å²) >= 11 is 0. The third kappa shape index (κ3) is 2.63. The molecular formula is C12H19NO2. The smallest absolute Gasteiger partial charge is 0.122 e. The van der Waals surface area contributed by atoms with Crippen LogP contribution in [0, 0.1) is 0 Å². The number of aryl methyl sites for hydroxylation is 1. The van der Waals surface area contributed by atoms with Crippen molar-refractivity contribution in [1.82, 2.24) is 0 Å². The number of hydrogen-bond donors (Lipinski definition) is 3. The van der Waals surface area contributed by atoms with Gasteiger partial charge in [0, 0.05) is 6.07 Å². The molecule has 0 aliphatic rings. The second-order valence-corrected chi connectivity index (χ2v) is 3.87. The molecule has 0 heterocycles. The predicted octanol–water partition coefficient (Wildman–Crippen LogP) is 2.11. The molecule has 0 bridgehead atoms. The largest absolute Gasteiger partial charge is 0.508 e. The van der Waals surface area contributed by atoms with Crippen molar-refractivity contribution in [3.05, 3.63) is 23.3 Å². The maximum atomic E-state index is 9.71. The Morgan fingerprint density at radius 2 is 1.93 bits per heavy atom. The SMILES string of the molecule is CCc1cc(C(C)CCN)c(O)cc1O. The van der Waals surface area contributed by atoms with E-state index < -0.39 is 0 Å². The van der Waals surface area contributed by atoms with Crippen molar-refractivity contribution in [2.24, 2.45) is 5.73 Å². The summed E-state index contributed by atoms with van der Waals surface area (Å²) in [5, 5.41) is 19.3. The van der Waals surface area contributed by atoms with E-state index in [0.717, 1.165) is 24.0 Å². The van der Waals surface area contributed by atoms with Crippen molar-refractivity contribution in [2.75, 3.05) is 6.54 Å². The Hall–Kier alpha value is -1.22. The van der Waals surface area contributed by atoms with Gasteiger partial charge in [-0.1, -0.05) is 13.8 Å². The predicted molar refractivity (Wildman–Crippen MR) is 61.2 cm³/mol. The van der Waals surface area contributed by atoms with Crippen LogP contribution in [0.25, 0.3) is 0 Å². The Balaban J connectivity index is 3.06. The second-order valence-electron chi connectivity index (χ2n) is 3.87. The molecule has 1 unspecified atom stereocenters. The lowest BCUT2D eigenvalue weighted by molar-refractivity contribution is 0.438. The molecular weight excluding hydrogens is 190 g/mol. The highest BCUT2D eigenvalue weighted by Gasteiger charge is 2.12. The van der Waals surface area contributed by atoms with Crippen molar-refractivity contribution in [1.29, 1.82) is 0 Å². The first kappa shape index (κ1) is 11.9. The molecule has 1 rings (SSSR count). The number of aromatic hydroxyl groups is 2. The minimum atomic E-state index is 0.158. The number of phenolic OH excluding ortho intramolecular Hbond substituents is 2. The van der Waals surface area contributed by atoms with Crippen LogP contribution >= 0.6 is 0 Å². The minimum Gasteiger partial charge on any atom is -0.508 e. The maximum absolute atomic E-state index is 9.71. The summed E-state index contributed by atoms with van der Waals surface area (Å²) in [7, 11) is 0. The molecule has 0 saturated heterocycles. The van der Waals surface area contributed by atoms with E-state index in [1.165, 1.54) is 6.07 Å². The molecule has 0 aromatic heterocycles. The molecule has 0 aliphatic heterocycles. The summed E-state index contributed by atoms with van der Waals surface area (Å²) in [6.07, 6.45) is 1.59. The first-order valence-corrected chi connectivity index (χ1v) is 5.35. The lowest BCUT2D eigenvalue weighted by Crippen LogP contribution is -2.05. The monoisotopic (exact) mass is 209 g/mol. The fraction of sp³-hybridized carbons (Fsp3) is 0.500. The molecule has 0 fully saturated rings. The molecule has 84 valence electrons. The van der Waals surface area contributed by atoms with Gasteiger partial charge >= 0.3 is 0 Å². The molecule has 15 heavy (non-hydrogen) atoms. The van der Waals surface area contributed by atoms with Crippen LogP contribution in [0.2, 0.25) is 0 Å². The summed E-state index contributed by atoms with van der Waals surface area (Å²) in [6, 6.07) is 3.28. The summed E-state index contributed by atoms with van der Waals surface area (Å²) < 4.78 is 0. The van der Waals surface area contributed by atoms with E-state index in [9.17, 15) is 10.2 Å². The maximum Gasteiger partial charge on any atom is 0.122 e. The van der Waals surface area contributed by atoms with E-state index >= 15 is 0 Å². The number of benzene rings is 1. The van der Waals surface area contributed by atoms with E-state index in [-0.39, 0.29) is 17.4 Å². The van der Waals surface area contributed by atoms with Crippen molar-refractivity contribution < 1.29 is 10.2 Å². The number of rotatable bonds is 4. The molecule has 1 atom stereocenters. The van der Waals surface area contributed by atoms with Crippen LogP contribution in [0.15, 0.2) is 12.1 Å². The topological polar surface area (TPSA) is 66.5 Å². The van der Waals surface area contributed by atoms with Gasteiger partial charge in [0.15, 0.2) is 0 Å². The molecule has 0 aliphatic carbocycles. The standard InChI is InChI=1S/C12H19NO2/c1-3-9-6-10(8(2)4-5-13)12(15)7-11(9)14/h6-8,14-15H,3-5,13H2,1-2H3. The van der Waals surface area contributed by atoms with Crippen LogP contribution in [-0.2, 0) is 6.42 Å². The van der Waals surface area contributed by atoms with Gasteiger partial charge in [-0.05, 0) is 42.5 Å². The number of hydrogen-bond acceptors (Lipinski definition) is 3. The van der Waals surface area contributed by atoms with Crippen LogP contribution in [-0.4, -0.2) is 16.8 Å². The Bertz CT molecular complexity index is 337. The lowest BCUT2D eigenvalue weighted by Gasteiger charge is -2.14. The van der Waals surface area contributed by atoms with Crippen molar-refractivity contribution in [3.8, 4) is 11.5 Å². The van der Waals surface area contributed by atoms with Gasteiger partial charge in [0.2, 0.25) is 0 Å². The van der Waals surface area contributed by atoms with Crippen LogP contribution in [0.1, 0.15) is 37.3 Å². The summed E-state index contributed by atoms with van der Waals surface area (Å²) in [5.74, 6) is 0.547. The van der Waals surface area contributed by atoms with Crippen LogP contribution in [0.5, 0.6) is 11.5 Å². The summed E-state index contributed by atoms with van der Waals surface area (Å²) in [4.78, 5) is 0. The average Bonchev–Trinajstić information content (AvgIpc) is 2.18. The fourth-order valence-electron chi connectivity index (χ4n) is 1.72. The van der Waals surface area contributed by atoms with Crippen LogP contribution in [0.3, 0.4) is 0 Å². The van der Waals surface area contributed by atoms with Crippen molar-refractivity contribution >= 4 is 0 Å². The third-order valence-electron chi connectivity index (χ3n) is 2.74. The quantitative estimate of drug-likeness (QED) is 0.711. The van der Waals surface area contributed by atoms with E-state index in [4.69, 9.17) is 5.73 Å². The normalized spacial score (nSPS) is 12.7. The Kier molecular flexibility index (Phi) is 3.97. The first-order chi connectivity index (χ1) is 7.10. The lowest BCUT2D eigenvalue weighted by atomic mass is 9.94. The number of nitrogens with two attached hydrogens (primary N) is 1. The fourth-order valence-corrected chi connectivity index (χ4v) is 1.72. The minimum absolute atomic E-state index is 0.158. The molecule has 0 radical (unpaired) electrons. The van der Waals surface area contributed by atoms with Gasteiger partial charge in [-0.25, -0.2) is 0 Å². The third-order valence-corrected chi connectivity index (χ3v) is 2.74. The van der Waals surface area contributed by atoms with Crippen molar-refractivity contribution in [2.45, 2.75) is 32.6 Å². The van der Waals surface area contributed by atoms with Gasteiger partial charge in [-0.3, -0.25) is 0 Å². The highest BCUT2D eigenvalue weighted by molar-refractivity contribution is 5.46. The van der Waals surface area contributed by atoms with Gasteiger partial charge in [0.05, 0.1) is 0 Å². The van der Waals surface area contributed by atoms with E-state index in [0.29, 0.717) is 6.54 Å². The Morgan fingerprint density at radius 3 is 2.47 bits per heavy atom. The molecule has 0 saturated carbocycles. The zero-order chi connectivity index (χ0) is 11.4.